The summed E-state index contributed by atoms with van der Waals surface area (Å²) in [7, 11) is -0.926. The maximum absolute atomic E-state index is 12.4. The Bertz CT molecular complexity index is 490. The second-order valence-electron chi connectivity index (χ2n) is 6.39. The van der Waals surface area contributed by atoms with E-state index in [0.717, 1.165) is 10.5 Å². The van der Waals surface area contributed by atoms with Crippen molar-refractivity contribution in [3.8, 4) is 0 Å². The van der Waals surface area contributed by atoms with Crippen LogP contribution in [0.1, 0.15) is 51.8 Å². The number of fused-ring (bicyclic) bond motifs is 1. The summed E-state index contributed by atoms with van der Waals surface area (Å²) < 4.78 is 12.4. The van der Waals surface area contributed by atoms with Gasteiger partial charge in [-0.1, -0.05) is 46.8 Å². The van der Waals surface area contributed by atoms with Crippen LogP contribution < -0.4 is 5.73 Å². The second-order valence-corrected chi connectivity index (χ2v) is 8.17. The van der Waals surface area contributed by atoms with Gasteiger partial charge in [-0.15, -0.1) is 0 Å². The molecule has 0 aliphatic carbocycles. The van der Waals surface area contributed by atoms with Gasteiger partial charge in [-0.25, -0.2) is 0 Å². The van der Waals surface area contributed by atoms with Crippen LogP contribution in [0.15, 0.2) is 23.1 Å². The molecular weight excluding hydrogens is 242 g/mol. The van der Waals surface area contributed by atoms with Gasteiger partial charge < -0.3 is 5.73 Å². The number of nitrogens with two attached hydrogens (primary N) is 1. The lowest BCUT2D eigenvalue weighted by Crippen LogP contribution is -2.36. The summed E-state index contributed by atoms with van der Waals surface area (Å²) in [6.07, 6.45) is 0. The largest absolute Gasteiger partial charge is 0.324 e. The maximum atomic E-state index is 12.4. The molecule has 0 fully saturated rings. The van der Waals surface area contributed by atoms with Crippen LogP contribution in [-0.2, 0) is 16.2 Å². The Labute approximate surface area is 112 Å². The van der Waals surface area contributed by atoms with Crippen molar-refractivity contribution in [2.24, 2.45) is 11.7 Å². The Balaban J connectivity index is 2.57. The van der Waals surface area contributed by atoms with Crippen LogP contribution in [0.3, 0.4) is 0 Å². The third-order valence-corrected chi connectivity index (χ3v) is 6.01. The van der Waals surface area contributed by atoms with Gasteiger partial charge in [0.15, 0.2) is 0 Å². The van der Waals surface area contributed by atoms with Gasteiger partial charge in [0.2, 0.25) is 0 Å². The molecule has 0 radical (unpaired) electrons. The summed E-state index contributed by atoms with van der Waals surface area (Å²) in [5, 5.41) is 0.132. The molecule has 2 nitrogen and oxygen atoms in total. The maximum Gasteiger partial charge on any atom is 0.0564 e. The molecule has 0 amide bonds. The lowest BCUT2D eigenvalue weighted by atomic mass is 9.83. The highest BCUT2D eigenvalue weighted by Crippen LogP contribution is 2.38. The van der Waals surface area contributed by atoms with Gasteiger partial charge >= 0.3 is 0 Å². The van der Waals surface area contributed by atoms with E-state index >= 15 is 0 Å². The van der Waals surface area contributed by atoms with Gasteiger partial charge in [0.25, 0.3) is 0 Å². The van der Waals surface area contributed by atoms with Crippen LogP contribution in [0.2, 0.25) is 0 Å². The minimum Gasteiger partial charge on any atom is -0.324 e. The predicted molar refractivity (Wildman–Crippen MR) is 77.1 cm³/mol. The zero-order chi connectivity index (χ0) is 13.7. The summed E-state index contributed by atoms with van der Waals surface area (Å²) in [6.45, 7) is 10.7. The monoisotopic (exact) mass is 265 g/mol. The molecule has 1 aliphatic heterocycles. The van der Waals surface area contributed by atoms with E-state index in [1.165, 1.54) is 5.56 Å². The predicted octanol–water partition coefficient (Wildman–Crippen LogP) is 3.13. The summed E-state index contributed by atoms with van der Waals surface area (Å²) in [4.78, 5) is 0.932. The Hall–Kier alpha value is -0.670. The first-order chi connectivity index (χ1) is 8.23. The topological polar surface area (TPSA) is 43.1 Å². The molecule has 0 spiro atoms. The Morgan fingerprint density at radius 2 is 1.83 bits per heavy atom. The molecule has 2 rings (SSSR count). The second kappa shape index (κ2) is 4.46. The fourth-order valence-electron chi connectivity index (χ4n) is 2.43. The molecule has 4 atom stereocenters. The molecule has 0 aromatic heterocycles. The molecule has 1 aromatic carbocycles. The molecule has 0 bridgehead atoms. The van der Waals surface area contributed by atoms with Crippen molar-refractivity contribution in [1.29, 1.82) is 0 Å². The Morgan fingerprint density at radius 1 is 1.22 bits per heavy atom. The summed E-state index contributed by atoms with van der Waals surface area (Å²) in [5.41, 5.74) is 8.75. The van der Waals surface area contributed by atoms with E-state index < -0.39 is 10.8 Å². The minimum atomic E-state index is -0.926. The number of hydrogen-bond donors (Lipinski definition) is 1. The molecular formula is C15H23NOS. The Morgan fingerprint density at radius 3 is 2.39 bits per heavy atom. The van der Waals surface area contributed by atoms with Crippen molar-refractivity contribution >= 4 is 10.8 Å². The van der Waals surface area contributed by atoms with Gasteiger partial charge in [0.05, 0.1) is 10.8 Å². The van der Waals surface area contributed by atoms with Crippen molar-refractivity contribution in [2.75, 3.05) is 0 Å². The van der Waals surface area contributed by atoms with Crippen LogP contribution >= 0.6 is 0 Å². The molecule has 3 heteroatoms. The van der Waals surface area contributed by atoms with Crippen molar-refractivity contribution in [1.82, 2.24) is 0 Å². The number of rotatable bonds is 0. The normalized spacial score (nSPS) is 32.1. The average molecular weight is 265 g/mol. The van der Waals surface area contributed by atoms with E-state index in [4.69, 9.17) is 5.73 Å². The third-order valence-electron chi connectivity index (χ3n) is 4.10. The van der Waals surface area contributed by atoms with Gasteiger partial charge in [-0.2, -0.15) is 0 Å². The van der Waals surface area contributed by atoms with E-state index in [9.17, 15) is 4.21 Å². The summed E-state index contributed by atoms with van der Waals surface area (Å²) in [5.74, 6) is 0.258. The van der Waals surface area contributed by atoms with Crippen LogP contribution in [0.4, 0.5) is 0 Å². The number of benzene rings is 1. The average Bonchev–Trinajstić information content (AvgIpc) is 2.32. The molecule has 2 N–H and O–H groups in total. The SMILES string of the molecule is CC1C(N)c2cc(C(C)(C)C)ccc2S(=O)C1C. The van der Waals surface area contributed by atoms with E-state index in [-0.39, 0.29) is 22.6 Å². The highest BCUT2D eigenvalue weighted by atomic mass is 32.2. The van der Waals surface area contributed by atoms with E-state index in [2.05, 4.69) is 39.8 Å². The smallest absolute Gasteiger partial charge is 0.0564 e. The van der Waals surface area contributed by atoms with E-state index in [1.54, 1.807) is 0 Å². The van der Waals surface area contributed by atoms with Crippen LogP contribution in [0.25, 0.3) is 0 Å². The standard InChI is InChI=1S/C15H23NOS/c1-9-10(2)18(17)13-7-6-11(15(3,4)5)8-12(13)14(9)16/h6-10,14H,16H2,1-5H3. The zero-order valence-corrected chi connectivity index (χ0v) is 12.7. The minimum absolute atomic E-state index is 0.00463. The van der Waals surface area contributed by atoms with Gasteiger partial charge in [-0.05, 0) is 28.5 Å². The molecule has 1 heterocycles. The lowest BCUT2D eigenvalue weighted by Gasteiger charge is -2.34. The molecule has 0 saturated heterocycles. The van der Waals surface area contributed by atoms with Crippen molar-refractivity contribution in [3.05, 3.63) is 29.3 Å². The first kappa shape index (κ1) is 13.8. The quantitative estimate of drug-likeness (QED) is 0.783. The van der Waals surface area contributed by atoms with E-state index in [0.29, 0.717) is 0 Å². The molecule has 1 aliphatic rings. The highest BCUT2D eigenvalue weighted by molar-refractivity contribution is 7.85. The van der Waals surface area contributed by atoms with Crippen molar-refractivity contribution in [2.45, 2.75) is 56.2 Å². The summed E-state index contributed by atoms with van der Waals surface area (Å²) >= 11 is 0. The van der Waals surface area contributed by atoms with E-state index in [1.807, 2.05) is 13.0 Å². The molecule has 0 saturated carbocycles. The zero-order valence-electron chi connectivity index (χ0n) is 11.9. The molecule has 1 aromatic rings. The summed E-state index contributed by atoms with van der Waals surface area (Å²) in [6, 6.07) is 6.25. The van der Waals surface area contributed by atoms with Crippen LogP contribution in [0, 0.1) is 5.92 Å². The Kier molecular flexibility index (Phi) is 3.41. The molecule has 100 valence electrons. The van der Waals surface area contributed by atoms with Crippen LogP contribution in [0.5, 0.6) is 0 Å². The van der Waals surface area contributed by atoms with Crippen molar-refractivity contribution < 1.29 is 4.21 Å². The third kappa shape index (κ3) is 2.14. The van der Waals surface area contributed by atoms with Gasteiger partial charge in [0.1, 0.15) is 0 Å². The van der Waals surface area contributed by atoms with Gasteiger partial charge in [0, 0.05) is 16.2 Å². The molecule has 18 heavy (non-hydrogen) atoms. The lowest BCUT2D eigenvalue weighted by molar-refractivity contribution is 0.440. The first-order valence-electron chi connectivity index (χ1n) is 6.54. The fraction of sp³-hybridized carbons (Fsp3) is 0.600. The van der Waals surface area contributed by atoms with Crippen LogP contribution in [-0.4, -0.2) is 9.46 Å². The van der Waals surface area contributed by atoms with Gasteiger partial charge in [-0.3, -0.25) is 4.21 Å². The highest BCUT2D eigenvalue weighted by Gasteiger charge is 2.35. The van der Waals surface area contributed by atoms with Crippen molar-refractivity contribution in [3.63, 3.8) is 0 Å². The number of hydrogen-bond acceptors (Lipinski definition) is 2. The molecule has 4 unspecified atom stereocenters. The fourth-order valence-corrected chi connectivity index (χ4v) is 4.02. The first-order valence-corrected chi connectivity index (χ1v) is 7.75.